The average molecular weight is 278 g/mol. The van der Waals surface area contributed by atoms with Crippen molar-refractivity contribution < 1.29 is 14.3 Å². The van der Waals surface area contributed by atoms with Crippen LogP contribution in [0.2, 0.25) is 5.02 Å². The van der Waals surface area contributed by atoms with Gasteiger partial charge in [-0.1, -0.05) is 18.5 Å². The molecule has 0 atom stereocenters. The van der Waals surface area contributed by atoms with Gasteiger partial charge >= 0.3 is 5.97 Å². The lowest BCUT2D eigenvalue weighted by Crippen LogP contribution is -2.15. The molecule has 19 heavy (non-hydrogen) atoms. The van der Waals surface area contributed by atoms with Crippen molar-refractivity contribution in [3.05, 3.63) is 40.6 Å². The summed E-state index contributed by atoms with van der Waals surface area (Å²) in [5.74, 6) is 1.25. The van der Waals surface area contributed by atoms with Crippen molar-refractivity contribution in [2.45, 2.75) is 13.3 Å². The Hall–Kier alpha value is -2.03. The van der Waals surface area contributed by atoms with Crippen LogP contribution in [0.1, 0.15) is 18.9 Å². The van der Waals surface area contributed by atoms with Gasteiger partial charge in [-0.2, -0.15) is 0 Å². The summed E-state index contributed by atoms with van der Waals surface area (Å²) in [6.45, 7) is 2.21. The first kappa shape index (κ1) is 13.4. The summed E-state index contributed by atoms with van der Waals surface area (Å²) in [5, 5.41) is 3.42. The van der Waals surface area contributed by atoms with Gasteiger partial charge in [0.15, 0.2) is 0 Å². The van der Waals surface area contributed by atoms with Crippen LogP contribution in [0.25, 0.3) is 5.57 Å². The molecule has 5 heteroatoms. The molecule has 1 aromatic rings. The molecule has 0 saturated heterocycles. The van der Waals surface area contributed by atoms with E-state index in [0.717, 1.165) is 6.42 Å². The van der Waals surface area contributed by atoms with E-state index in [1.54, 1.807) is 24.1 Å². The second-order valence-corrected chi connectivity index (χ2v) is 4.44. The number of ether oxygens (including phenoxy) is 1. The topological polar surface area (TPSA) is 55.4 Å². The van der Waals surface area contributed by atoms with Gasteiger partial charge in [0, 0.05) is 22.5 Å². The van der Waals surface area contributed by atoms with Gasteiger partial charge in [-0.05, 0) is 24.6 Å². The lowest BCUT2D eigenvalue weighted by molar-refractivity contribution is -0.138. The van der Waals surface area contributed by atoms with Gasteiger partial charge in [0.1, 0.15) is 5.94 Å². The molecule has 0 radical (unpaired) electrons. The molecule has 0 spiro atoms. The number of fused-ring (bicyclic) bond motifs is 1. The van der Waals surface area contributed by atoms with Gasteiger partial charge in [0.2, 0.25) is 0 Å². The van der Waals surface area contributed by atoms with E-state index in [-0.39, 0.29) is 11.1 Å². The SMILES string of the molecule is CCCOC(=O)C1=CNc2ccc(Cl)cc2C1=C=O. The Morgan fingerprint density at radius 1 is 1.47 bits per heavy atom. The summed E-state index contributed by atoms with van der Waals surface area (Å²) in [5.41, 5.74) is 1.58. The van der Waals surface area contributed by atoms with E-state index in [0.29, 0.717) is 22.9 Å². The monoisotopic (exact) mass is 277 g/mol. The van der Waals surface area contributed by atoms with Crippen molar-refractivity contribution in [1.29, 1.82) is 0 Å². The van der Waals surface area contributed by atoms with E-state index < -0.39 is 5.97 Å². The Morgan fingerprint density at radius 3 is 2.95 bits per heavy atom. The predicted molar refractivity (Wildman–Crippen MR) is 73.5 cm³/mol. The fraction of sp³-hybridized carbons (Fsp3) is 0.214. The van der Waals surface area contributed by atoms with Gasteiger partial charge in [-0.25, -0.2) is 9.59 Å². The summed E-state index contributed by atoms with van der Waals surface area (Å²) in [4.78, 5) is 23.0. The molecule has 1 aromatic carbocycles. The molecule has 4 nitrogen and oxygen atoms in total. The lowest BCUT2D eigenvalue weighted by Gasteiger charge is -2.18. The summed E-state index contributed by atoms with van der Waals surface area (Å²) >= 11 is 5.90. The highest BCUT2D eigenvalue weighted by Crippen LogP contribution is 2.34. The Morgan fingerprint density at radius 2 is 2.26 bits per heavy atom. The van der Waals surface area contributed by atoms with Crippen LogP contribution in [-0.4, -0.2) is 18.5 Å². The standard InChI is InChI=1S/C14H12ClNO3/c1-2-5-19-14(18)11-7-16-13-4-3-9(15)6-10(13)12(11)8-17/h3-4,6-7,16H,2,5H2,1H3. The molecule has 0 bridgehead atoms. The maximum atomic E-state index is 11.9. The molecule has 0 unspecified atom stereocenters. The van der Waals surface area contributed by atoms with Crippen LogP contribution in [0.3, 0.4) is 0 Å². The van der Waals surface area contributed by atoms with Gasteiger partial charge in [0.05, 0.1) is 17.8 Å². The normalized spacial score (nSPS) is 12.9. The molecule has 0 amide bonds. The van der Waals surface area contributed by atoms with Crippen LogP contribution in [-0.2, 0) is 14.3 Å². The van der Waals surface area contributed by atoms with Crippen LogP contribution in [0, 0.1) is 0 Å². The van der Waals surface area contributed by atoms with Crippen LogP contribution >= 0.6 is 11.6 Å². The molecule has 98 valence electrons. The number of esters is 1. The number of hydrogen-bond donors (Lipinski definition) is 1. The smallest absolute Gasteiger partial charge is 0.341 e. The third-order valence-corrected chi connectivity index (χ3v) is 2.89. The fourth-order valence-corrected chi connectivity index (χ4v) is 1.93. The quantitative estimate of drug-likeness (QED) is 0.682. The zero-order valence-electron chi connectivity index (χ0n) is 10.3. The zero-order chi connectivity index (χ0) is 13.8. The van der Waals surface area contributed by atoms with Gasteiger partial charge in [-0.15, -0.1) is 0 Å². The van der Waals surface area contributed by atoms with Crippen molar-refractivity contribution in [3.63, 3.8) is 0 Å². The Labute approximate surface area is 115 Å². The number of carbonyl (C=O) groups is 1. The largest absolute Gasteiger partial charge is 0.462 e. The van der Waals surface area contributed by atoms with Crippen molar-refractivity contribution in [2.24, 2.45) is 0 Å². The molecular weight excluding hydrogens is 266 g/mol. The number of anilines is 1. The van der Waals surface area contributed by atoms with Crippen LogP contribution in [0.4, 0.5) is 5.69 Å². The third-order valence-electron chi connectivity index (χ3n) is 2.65. The van der Waals surface area contributed by atoms with E-state index in [9.17, 15) is 9.59 Å². The minimum Gasteiger partial charge on any atom is -0.462 e. The molecule has 1 aliphatic heterocycles. The number of halogens is 1. The molecule has 0 saturated carbocycles. The Kier molecular flexibility index (Phi) is 4.05. The molecule has 1 aliphatic rings. The third kappa shape index (κ3) is 2.70. The second-order valence-electron chi connectivity index (χ2n) is 4.01. The molecule has 0 aliphatic carbocycles. The summed E-state index contributed by atoms with van der Waals surface area (Å²) in [7, 11) is 0. The molecule has 2 rings (SSSR count). The molecule has 0 aromatic heterocycles. The zero-order valence-corrected chi connectivity index (χ0v) is 11.1. The minimum atomic E-state index is -0.543. The molecule has 1 N–H and O–H groups in total. The van der Waals surface area contributed by atoms with Gasteiger partial charge < -0.3 is 10.1 Å². The van der Waals surface area contributed by atoms with E-state index in [1.807, 2.05) is 6.92 Å². The van der Waals surface area contributed by atoms with Crippen molar-refractivity contribution >= 4 is 34.8 Å². The number of nitrogens with one attached hydrogen (secondary N) is 1. The first-order valence-corrected chi connectivity index (χ1v) is 6.24. The van der Waals surface area contributed by atoms with E-state index in [1.165, 1.54) is 6.20 Å². The van der Waals surface area contributed by atoms with Crippen molar-refractivity contribution in [3.8, 4) is 0 Å². The highest BCUT2D eigenvalue weighted by atomic mass is 35.5. The Balaban J connectivity index is 2.37. The van der Waals surface area contributed by atoms with E-state index in [4.69, 9.17) is 16.3 Å². The molecular formula is C14H12ClNO3. The minimum absolute atomic E-state index is 0.164. The van der Waals surface area contributed by atoms with E-state index in [2.05, 4.69) is 5.32 Å². The van der Waals surface area contributed by atoms with Crippen LogP contribution in [0.15, 0.2) is 30.0 Å². The fourth-order valence-electron chi connectivity index (χ4n) is 1.76. The van der Waals surface area contributed by atoms with Crippen molar-refractivity contribution in [2.75, 3.05) is 11.9 Å². The number of hydrogen-bond acceptors (Lipinski definition) is 4. The highest BCUT2D eigenvalue weighted by Gasteiger charge is 2.24. The van der Waals surface area contributed by atoms with Crippen LogP contribution < -0.4 is 5.32 Å². The van der Waals surface area contributed by atoms with Gasteiger partial charge in [0.25, 0.3) is 0 Å². The summed E-state index contributed by atoms with van der Waals surface area (Å²) < 4.78 is 5.03. The first-order valence-electron chi connectivity index (χ1n) is 5.86. The van der Waals surface area contributed by atoms with Gasteiger partial charge in [-0.3, -0.25) is 0 Å². The Bertz CT molecular complexity index is 601. The summed E-state index contributed by atoms with van der Waals surface area (Å²) in [6.07, 6.45) is 2.17. The first-order chi connectivity index (χ1) is 9.17. The lowest BCUT2D eigenvalue weighted by atomic mass is 9.95. The maximum Gasteiger partial charge on any atom is 0.341 e. The number of carbonyl (C=O) groups excluding carboxylic acids is 2. The van der Waals surface area contributed by atoms with Crippen LogP contribution in [0.5, 0.6) is 0 Å². The molecule has 0 fully saturated rings. The highest BCUT2D eigenvalue weighted by molar-refractivity contribution is 6.31. The number of rotatable bonds is 3. The second kappa shape index (κ2) is 5.74. The predicted octanol–water partition coefficient (Wildman–Crippen LogP) is 2.82. The number of benzene rings is 1. The maximum absolute atomic E-state index is 11.9. The summed E-state index contributed by atoms with van der Waals surface area (Å²) in [6, 6.07) is 5.05. The average Bonchev–Trinajstić information content (AvgIpc) is 2.43. The van der Waals surface area contributed by atoms with E-state index >= 15 is 0 Å². The molecule has 1 heterocycles. The van der Waals surface area contributed by atoms with Crippen molar-refractivity contribution in [1.82, 2.24) is 0 Å².